The predicted molar refractivity (Wildman–Crippen MR) is 114 cm³/mol. The van der Waals surface area contributed by atoms with Crippen molar-refractivity contribution in [1.29, 1.82) is 0 Å². The van der Waals surface area contributed by atoms with Crippen LogP contribution in [0.5, 0.6) is 0 Å². The number of thioether (sulfide) groups is 1. The minimum Gasteiger partial charge on any atom is -0.339 e. The lowest BCUT2D eigenvalue weighted by molar-refractivity contribution is 0.360. The zero-order valence-corrected chi connectivity index (χ0v) is 17.4. The molecule has 0 amide bonds. The van der Waals surface area contributed by atoms with Crippen molar-refractivity contribution in [2.75, 3.05) is 0 Å². The van der Waals surface area contributed by atoms with Crippen LogP contribution in [0.25, 0.3) is 16.6 Å². The van der Waals surface area contributed by atoms with Gasteiger partial charge in [0.1, 0.15) is 0 Å². The second-order valence-electron chi connectivity index (χ2n) is 7.38. The number of benzene rings is 2. The van der Waals surface area contributed by atoms with Crippen LogP contribution in [-0.4, -0.2) is 19.7 Å². The Morgan fingerprint density at radius 2 is 1.83 bits per heavy atom. The first-order valence-electron chi connectivity index (χ1n) is 9.54. The van der Waals surface area contributed by atoms with Crippen molar-refractivity contribution in [3.63, 3.8) is 0 Å². The van der Waals surface area contributed by atoms with Gasteiger partial charge in [-0.3, -0.25) is 9.36 Å². The lowest BCUT2D eigenvalue weighted by atomic mass is 10.1. The van der Waals surface area contributed by atoms with Gasteiger partial charge in [0, 0.05) is 6.42 Å². The number of aromatic nitrogens is 4. The number of rotatable bonds is 6. The highest BCUT2D eigenvalue weighted by Gasteiger charge is 2.15. The van der Waals surface area contributed by atoms with Gasteiger partial charge in [0.15, 0.2) is 11.0 Å². The largest absolute Gasteiger partial charge is 0.339 e. The van der Waals surface area contributed by atoms with Crippen molar-refractivity contribution >= 4 is 22.7 Å². The molecule has 0 saturated heterocycles. The smallest absolute Gasteiger partial charge is 0.266 e. The molecular formula is C22H22N4O2S. The SMILES string of the molecule is Cc1ccc(-n2c(SCc3noc(CC(C)C)n3)nc3ccccc3c2=O)cc1. The summed E-state index contributed by atoms with van der Waals surface area (Å²) in [5, 5.41) is 5.26. The Morgan fingerprint density at radius 3 is 2.59 bits per heavy atom. The highest BCUT2D eigenvalue weighted by molar-refractivity contribution is 7.98. The van der Waals surface area contributed by atoms with Gasteiger partial charge in [-0.1, -0.05) is 60.6 Å². The molecule has 2 aromatic carbocycles. The molecule has 4 rings (SSSR count). The van der Waals surface area contributed by atoms with Gasteiger partial charge >= 0.3 is 0 Å². The molecule has 0 aliphatic carbocycles. The number of fused-ring (bicyclic) bond motifs is 1. The van der Waals surface area contributed by atoms with Crippen LogP contribution < -0.4 is 5.56 Å². The molecule has 148 valence electrons. The summed E-state index contributed by atoms with van der Waals surface area (Å²) < 4.78 is 6.98. The lowest BCUT2D eigenvalue weighted by Crippen LogP contribution is -2.21. The van der Waals surface area contributed by atoms with Crippen molar-refractivity contribution in [1.82, 2.24) is 19.7 Å². The minimum atomic E-state index is -0.0874. The van der Waals surface area contributed by atoms with Gasteiger partial charge in [0.05, 0.1) is 22.3 Å². The molecule has 6 nitrogen and oxygen atoms in total. The van der Waals surface area contributed by atoms with Gasteiger partial charge in [-0.15, -0.1) is 0 Å². The van der Waals surface area contributed by atoms with Crippen LogP contribution >= 0.6 is 11.8 Å². The van der Waals surface area contributed by atoms with Gasteiger partial charge < -0.3 is 4.52 Å². The second-order valence-corrected chi connectivity index (χ2v) is 8.32. The molecule has 7 heteroatoms. The number of hydrogen-bond acceptors (Lipinski definition) is 6. The third-order valence-corrected chi connectivity index (χ3v) is 5.40. The molecule has 2 aromatic heterocycles. The highest BCUT2D eigenvalue weighted by atomic mass is 32.2. The third kappa shape index (κ3) is 4.24. The van der Waals surface area contributed by atoms with Crippen LogP contribution in [0.2, 0.25) is 0 Å². The van der Waals surface area contributed by atoms with Crippen molar-refractivity contribution in [3.05, 3.63) is 76.2 Å². The summed E-state index contributed by atoms with van der Waals surface area (Å²) in [5.41, 5.74) is 2.51. The van der Waals surface area contributed by atoms with E-state index in [9.17, 15) is 4.79 Å². The Balaban J connectivity index is 1.72. The molecule has 0 unspecified atom stereocenters. The van der Waals surface area contributed by atoms with Crippen LogP contribution in [0.4, 0.5) is 0 Å². The van der Waals surface area contributed by atoms with E-state index in [-0.39, 0.29) is 5.56 Å². The summed E-state index contributed by atoms with van der Waals surface area (Å²) in [7, 11) is 0. The van der Waals surface area contributed by atoms with Crippen LogP contribution in [0.1, 0.15) is 31.1 Å². The fourth-order valence-corrected chi connectivity index (χ4v) is 3.90. The summed E-state index contributed by atoms with van der Waals surface area (Å²) in [6.45, 7) is 6.24. The molecule has 0 aliphatic heterocycles. The summed E-state index contributed by atoms with van der Waals surface area (Å²) in [4.78, 5) is 22.4. The number of para-hydroxylation sites is 1. The summed E-state index contributed by atoms with van der Waals surface area (Å²) in [6.07, 6.45) is 0.750. The highest BCUT2D eigenvalue weighted by Crippen LogP contribution is 2.24. The van der Waals surface area contributed by atoms with E-state index in [1.165, 1.54) is 11.8 Å². The second kappa shape index (κ2) is 8.21. The molecule has 0 aliphatic rings. The van der Waals surface area contributed by atoms with E-state index < -0.39 is 0 Å². The molecule has 0 atom stereocenters. The Morgan fingerprint density at radius 1 is 1.07 bits per heavy atom. The third-order valence-electron chi connectivity index (χ3n) is 4.46. The fourth-order valence-electron chi connectivity index (χ4n) is 3.04. The van der Waals surface area contributed by atoms with E-state index >= 15 is 0 Å². The van der Waals surface area contributed by atoms with Crippen LogP contribution in [-0.2, 0) is 12.2 Å². The molecule has 4 aromatic rings. The maximum atomic E-state index is 13.2. The molecule has 29 heavy (non-hydrogen) atoms. The van der Waals surface area contributed by atoms with Crippen LogP contribution in [0, 0.1) is 12.8 Å². The first kappa shape index (κ1) is 19.4. The topological polar surface area (TPSA) is 73.8 Å². The van der Waals surface area contributed by atoms with Crippen molar-refractivity contribution in [3.8, 4) is 5.69 Å². The predicted octanol–water partition coefficient (Wildman–Crippen LogP) is 4.57. The Bertz CT molecular complexity index is 1200. The number of nitrogens with zero attached hydrogens (tertiary/aromatic N) is 4. The maximum absolute atomic E-state index is 13.2. The minimum absolute atomic E-state index is 0.0874. The van der Waals surface area contributed by atoms with E-state index in [2.05, 4.69) is 24.0 Å². The summed E-state index contributed by atoms with van der Waals surface area (Å²) in [5.74, 6) is 2.16. The Labute approximate surface area is 173 Å². The summed E-state index contributed by atoms with van der Waals surface area (Å²) >= 11 is 1.43. The molecular weight excluding hydrogens is 384 g/mol. The zero-order chi connectivity index (χ0) is 20.4. The quantitative estimate of drug-likeness (QED) is 0.345. The monoisotopic (exact) mass is 406 g/mol. The average molecular weight is 407 g/mol. The molecule has 0 saturated carbocycles. The first-order valence-corrected chi connectivity index (χ1v) is 10.5. The average Bonchev–Trinajstić information content (AvgIpc) is 3.14. The van der Waals surface area contributed by atoms with Gasteiger partial charge in [0.2, 0.25) is 5.89 Å². The van der Waals surface area contributed by atoms with Gasteiger partial charge in [-0.05, 0) is 37.1 Å². The van der Waals surface area contributed by atoms with Gasteiger partial charge in [-0.25, -0.2) is 4.98 Å². The maximum Gasteiger partial charge on any atom is 0.266 e. The van der Waals surface area contributed by atoms with E-state index in [1.807, 2.05) is 49.4 Å². The molecule has 0 spiro atoms. The van der Waals surface area contributed by atoms with Crippen molar-refractivity contribution in [2.24, 2.45) is 5.92 Å². The van der Waals surface area contributed by atoms with E-state index in [0.717, 1.165) is 17.7 Å². The van der Waals surface area contributed by atoms with Crippen molar-refractivity contribution in [2.45, 2.75) is 38.1 Å². The number of hydrogen-bond donors (Lipinski definition) is 0. The van der Waals surface area contributed by atoms with Crippen LogP contribution in [0.3, 0.4) is 0 Å². The van der Waals surface area contributed by atoms with Gasteiger partial charge in [0.25, 0.3) is 5.56 Å². The molecule has 0 fully saturated rings. The normalized spacial score (nSPS) is 11.4. The standard InChI is InChI=1S/C22H22N4O2S/c1-14(2)12-20-24-19(25-28-20)13-29-22-23-18-7-5-4-6-17(18)21(27)26(22)16-10-8-15(3)9-11-16/h4-11,14H,12-13H2,1-3H3. The molecule has 0 radical (unpaired) electrons. The zero-order valence-electron chi connectivity index (χ0n) is 16.6. The van der Waals surface area contributed by atoms with Crippen LogP contribution in [0.15, 0.2) is 63.0 Å². The number of aryl methyl sites for hydroxylation is 1. The first-order chi connectivity index (χ1) is 14.0. The Kier molecular flexibility index (Phi) is 5.49. The molecule has 2 heterocycles. The summed E-state index contributed by atoms with van der Waals surface area (Å²) in [6, 6.07) is 15.3. The Hall–Kier alpha value is -2.93. The van der Waals surface area contributed by atoms with Gasteiger partial charge in [-0.2, -0.15) is 4.98 Å². The lowest BCUT2D eigenvalue weighted by Gasteiger charge is -2.13. The van der Waals surface area contributed by atoms with E-state index in [1.54, 1.807) is 10.6 Å². The molecule has 0 N–H and O–H groups in total. The van der Waals surface area contributed by atoms with Crippen molar-refractivity contribution < 1.29 is 4.52 Å². The van der Waals surface area contributed by atoms with E-state index in [4.69, 9.17) is 9.51 Å². The van der Waals surface area contributed by atoms with E-state index in [0.29, 0.717) is 39.4 Å². The fraction of sp³-hybridized carbons (Fsp3) is 0.273. The molecule has 0 bridgehead atoms.